The number of methoxy groups -OCH3 is 1. The third kappa shape index (κ3) is 6.88. The average Bonchev–Trinajstić information content (AvgIpc) is 2.79. The van der Waals surface area contributed by atoms with Gasteiger partial charge in [-0.2, -0.15) is 13.2 Å². The van der Waals surface area contributed by atoms with E-state index in [0.717, 1.165) is 45.3 Å². The fraction of sp³-hybridized carbons (Fsp3) is 0.304. The SMILES string of the molecule is COC(=O)Cc1ccc(C)c(SN2CCC3=C(C2)S\C=C/C(C(F)(F)F)=C\C=C\C=N3)c1. The Bertz CT molecular complexity index is 1010. The monoisotopic (exact) mass is 480 g/mol. The molecule has 0 fully saturated rings. The molecule has 2 heterocycles. The van der Waals surface area contributed by atoms with Gasteiger partial charge in [0.15, 0.2) is 0 Å². The maximum absolute atomic E-state index is 13.2. The number of benzene rings is 1. The van der Waals surface area contributed by atoms with Crippen LogP contribution in [0.15, 0.2) is 74.0 Å². The molecule has 0 radical (unpaired) electrons. The van der Waals surface area contributed by atoms with E-state index >= 15 is 0 Å². The lowest BCUT2D eigenvalue weighted by atomic mass is 10.1. The Labute approximate surface area is 194 Å². The highest BCUT2D eigenvalue weighted by Gasteiger charge is 2.31. The number of hydrogen-bond acceptors (Lipinski definition) is 6. The van der Waals surface area contributed by atoms with Crippen molar-refractivity contribution >= 4 is 35.9 Å². The molecule has 0 aromatic heterocycles. The van der Waals surface area contributed by atoms with Gasteiger partial charge in [0.2, 0.25) is 0 Å². The number of ether oxygens (including phenoxy) is 1. The van der Waals surface area contributed by atoms with Gasteiger partial charge in [-0.3, -0.25) is 9.79 Å². The summed E-state index contributed by atoms with van der Waals surface area (Å²) in [5.74, 6) is -0.294. The molecule has 4 nitrogen and oxygen atoms in total. The van der Waals surface area contributed by atoms with Crippen LogP contribution < -0.4 is 0 Å². The Morgan fingerprint density at radius 1 is 1.31 bits per heavy atom. The molecule has 9 heteroatoms. The Morgan fingerprint density at radius 2 is 2.12 bits per heavy atom. The first-order valence-corrected chi connectivity index (χ1v) is 11.5. The molecule has 0 aliphatic carbocycles. The normalized spacial score (nSPS) is 21.2. The van der Waals surface area contributed by atoms with Crippen LogP contribution in [0.3, 0.4) is 0 Å². The molecule has 1 aromatic carbocycles. The molecule has 0 N–H and O–H groups in total. The first-order chi connectivity index (χ1) is 15.3. The van der Waals surface area contributed by atoms with Crippen LogP contribution in [-0.4, -0.2) is 42.9 Å². The topological polar surface area (TPSA) is 41.9 Å². The number of aliphatic imine (C=N–C) groups is 1. The quantitative estimate of drug-likeness (QED) is 0.390. The lowest BCUT2D eigenvalue weighted by molar-refractivity contribution is -0.139. The first-order valence-electron chi connectivity index (χ1n) is 9.89. The predicted molar refractivity (Wildman–Crippen MR) is 124 cm³/mol. The molecule has 0 spiro atoms. The van der Waals surface area contributed by atoms with Crippen LogP contribution in [0.25, 0.3) is 0 Å². The smallest absolute Gasteiger partial charge is 0.416 e. The van der Waals surface area contributed by atoms with Crippen LogP contribution in [0.1, 0.15) is 17.5 Å². The Hall–Kier alpha value is -2.23. The molecule has 0 atom stereocenters. The number of carbonyl (C=O) groups excluding carboxylic acids is 1. The van der Waals surface area contributed by atoms with E-state index in [1.54, 1.807) is 11.9 Å². The van der Waals surface area contributed by atoms with Gasteiger partial charge in [-0.15, -0.1) is 0 Å². The van der Waals surface area contributed by atoms with E-state index in [9.17, 15) is 18.0 Å². The predicted octanol–water partition coefficient (Wildman–Crippen LogP) is 6.01. The van der Waals surface area contributed by atoms with Crippen molar-refractivity contribution in [1.82, 2.24) is 4.31 Å². The van der Waals surface area contributed by atoms with Crippen LogP contribution in [-0.2, 0) is 16.0 Å². The van der Waals surface area contributed by atoms with Gasteiger partial charge >= 0.3 is 12.1 Å². The fourth-order valence-electron chi connectivity index (χ4n) is 3.03. The molecule has 170 valence electrons. The van der Waals surface area contributed by atoms with Crippen LogP contribution >= 0.6 is 23.7 Å². The molecule has 0 unspecified atom stereocenters. The molecular formula is C23H23F3N2O2S2. The van der Waals surface area contributed by atoms with Gasteiger partial charge in [-0.05, 0) is 59.7 Å². The zero-order valence-corrected chi connectivity index (χ0v) is 19.3. The third-order valence-electron chi connectivity index (χ3n) is 4.78. The molecule has 1 aromatic rings. The molecule has 0 amide bonds. The number of allylic oxidation sites excluding steroid dienone is 5. The number of nitrogens with zero attached hydrogens (tertiary/aromatic N) is 2. The molecule has 2 aliphatic rings. The first kappa shape index (κ1) is 24.4. The number of alkyl halides is 3. The van der Waals surface area contributed by atoms with Gasteiger partial charge in [-0.25, -0.2) is 4.31 Å². The van der Waals surface area contributed by atoms with E-state index < -0.39 is 11.7 Å². The minimum absolute atomic E-state index is 0.206. The molecule has 0 saturated heterocycles. The zero-order valence-electron chi connectivity index (χ0n) is 17.7. The van der Waals surface area contributed by atoms with Crippen LogP contribution in [0.2, 0.25) is 0 Å². The summed E-state index contributed by atoms with van der Waals surface area (Å²) in [6.07, 6.45) is 3.02. The van der Waals surface area contributed by atoms with Crippen molar-refractivity contribution in [2.75, 3.05) is 20.2 Å². The Balaban J connectivity index is 1.76. The summed E-state index contributed by atoms with van der Waals surface area (Å²) in [6.45, 7) is 3.31. The van der Waals surface area contributed by atoms with Gasteiger partial charge in [0, 0.05) is 35.5 Å². The van der Waals surface area contributed by atoms with E-state index in [1.807, 2.05) is 25.1 Å². The minimum Gasteiger partial charge on any atom is -0.469 e. The molecule has 2 aliphatic heterocycles. The maximum atomic E-state index is 13.2. The number of halogens is 3. The second-order valence-electron chi connectivity index (χ2n) is 7.13. The van der Waals surface area contributed by atoms with Crippen molar-refractivity contribution in [2.24, 2.45) is 4.99 Å². The minimum atomic E-state index is -4.41. The summed E-state index contributed by atoms with van der Waals surface area (Å²) >= 11 is 2.84. The summed E-state index contributed by atoms with van der Waals surface area (Å²) in [6, 6.07) is 5.86. The third-order valence-corrected chi connectivity index (χ3v) is 6.91. The maximum Gasteiger partial charge on any atom is 0.416 e. The van der Waals surface area contributed by atoms with Crippen molar-refractivity contribution in [3.05, 3.63) is 75.2 Å². The average molecular weight is 481 g/mol. The summed E-state index contributed by atoms with van der Waals surface area (Å²) in [7, 11) is 1.37. The summed E-state index contributed by atoms with van der Waals surface area (Å²) in [5.41, 5.74) is 2.13. The standard InChI is InChI=1S/C23H23F3N2O2S2/c1-16-6-7-17(14-22(29)30-2)13-20(16)32-28-11-8-19-21(15-28)31-12-9-18(23(24,25)26)5-3-4-10-27-19/h3-7,9-10,12-13H,8,11,14-15H2,1-2H3/b4-3+,12-9-,18-5+,27-10?. The lowest BCUT2D eigenvalue weighted by Crippen LogP contribution is -2.24. The van der Waals surface area contributed by atoms with E-state index in [4.69, 9.17) is 4.74 Å². The Kier molecular flexibility index (Phi) is 8.44. The van der Waals surface area contributed by atoms with E-state index in [0.29, 0.717) is 13.0 Å². The highest BCUT2D eigenvalue weighted by Crippen LogP contribution is 2.36. The molecular weight excluding hydrogens is 457 g/mol. The van der Waals surface area contributed by atoms with Gasteiger partial charge in [-0.1, -0.05) is 30.0 Å². The van der Waals surface area contributed by atoms with Crippen molar-refractivity contribution in [3.8, 4) is 0 Å². The van der Waals surface area contributed by atoms with Crippen LogP contribution in [0.4, 0.5) is 13.2 Å². The highest BCUT2D eigenvalue weighted by atomic mass is 32.2. The number of thioether (sulfide) groups is 1. The number of esters is 1. The number of aryl methyl sites for hydroxylation is 1. The Morgan fingerprint density at radius 3 is 2.88 bits per heavy atom. The van der Waals surface area contributed by atoms with Crippen LogP contribution in [0, 0.1) is 6.92 Å². The van der Waals surface area contributed by atoms with Gasteiger partial charge in [0.1, 0.15) is 0 Å². The molecule has 0 saturated carbocycles. The number of hydrogen-bond donors (Lipinski definition) is 0. The van der Waals surface area contributed by atoms with E-state index in [2.05, 4.69) is 9.30 Å². The van der Waals surface area contributed by atoms with Gasteiger partial charge in [0.05, 0.1) is 24.8 Å². The highest BCUT2D eigenvalue weighted by molar-refractivity contribution is 8.06. The summed E-state index contributed by atoms with van der Waals surface area (Å²) < 4.78 is 46.4. The van der Waals surface area contributed by atoms with E-state index in [-0.39, 0.29) is 12.4 Å². The van der Waals surface area contributed by atoms with Crippen molar-refractivity contribution in [3.63, 3.8) is 0 Å². The molecule has 32 heavy (non-hydrogen) atoms. The molecule has 3 rings (SSSR count). The summed E-state index contributed by atoms with van der Waals surface area (Å²) in [4.78, 5) is 18.0. The van der Waals surface area contributed by atoms with Crippen LogP contribution in [0.5, 0.6) is 0 Å². The zero-order chi connectivity index (χ0) is 23.1. The largest absolute Gasteiger partial charge is 0.469 e. The lowest BCUT2D eigenvalue weighted by Gasteiger charge is -2.28. The second kappa shape index (κ2) is 11.1. The van der Waals surface area contributed by atoms with Crippen molar-refractivity contribution in [1.29, 1.82) is 0 Å². The number of carbonyl (C=O) groups is 1. The van der Waals surface area contributed by atoms with E-state index in [1.165, 1.54) is 42.6 Å². The van der Waals surface area contributed by atoms with Crippen molar-refractivity contribution in [2.45, 2.75) is 30.8 Å². The summed E-state index contributed by atoms with van der Waals surface area (Å²) in [5, 5.41) is 1.47. The van der Waals surface area contributed by atoms with Gasteiger partial charge < -0.3 is 4.74 Å². The molecule has 0 bridgehead atoms. The van der Waals surface area contributed by atoms with Gasteiger partial charge in [0.25, 0.3) is 0 Å². The number of rotatable bonds is 4. The fourth-order valence-corrected chi connectivity index (χ4v) is 5.08. The second-order valence-corrected chi connectivity index (χ2v) is 9.27. The van der Waals surface area contributed by atoms with Crippen molar-refractivity contribution < 1.29 is 22.7 Å².